The lowest BCUT2D eigenvalue weighted by Gasteiger charge is -2.27. The number of benzene rings is 2. The molecule has 0 saturated carbocycles. The molecule has 1 N–H and O–H groups in total. The highest BCUT2D eigenvalue weighted by Crippen LogP contribution is 2.38. The summed E-state index contributed by atoms with van der Waals surface area (Å²) in [5.41, 5.74) is 3.32. The van der Waals surface area contributed by atoms with E-state index in [-0.39, 0.29) is 5.91 Å². The number of esters is 2. The summed E-state index contributed by atoms with van der Waals surface area (Å²) in [6.45, 7) is 2.33. The molecule has 0 fully saturated rings. The van der Waals surface area contributed by atoms with E-state index in [4.69, 9.17) is 4.74 Å². The SMILES string of the molecule is COC(=O)c1ccc(C(=O)Nc2sc3c(c2C(=O)OC)CCN(Cc2ccccc2)C3)cc1. The first-order chi connectivity index (χ1) is 16.0. The Morgan fingerprint density at radius 2 is 1.61 bits per heavy atom. The minimum Gasteiger partial charge on any atom is -0.465 e. The number of fused-ring (bicyclic) bond motifs is 1. The maximum Gasteiger partial charge on any atom is 0.341 e. The number of hydrogen-bond acceptors (Lipinski definition) is 7. The largest absolute Gasteiger partial charge is 0.465 e. The topological polar surface area (TPSA) is 84.9 Å². The molecule has 4 rings (SSSR count). The van der Waals surface area contributed by atoms with Crippen molar-refractivity contribution in [2.75, 3.05) is 26.1 Å². The lowest BCUT2D eigenvalue weighted by molar-refractivity contribution is 0.0591. The Hall–Kier alpha value is -3.49. The Bertz CT molecular complexity index is 1170. The Morgan fingerprint density at radius 1 is 0.939 bits per heavy atom. The molecule has 0 unspecified atom stereocenters. The Labute approximate surface area is 195 Å². The van der Waals surface area contributed by atoms with E-state index in [0.29, 0.717) is 34.7 Å². The fourth-order valence-electron chi connectivity index (χ4n) is 3.89. The number of anilines is 1. The summed E-state index contributed by atoms with van der Waals surface area (Å²) in [6.07, 6.45) is 0.701. The fraction of sp³-hybridized carbons (Fsp3) is 0.240. The van der Waals surface area contributed by atoms with Gasteiger partial charge in [-0.1, -0.05) is 30.3 Å². The van der Waals surface area contributed by atoms with Crippen LogP contribution in [-0.4, -0.2) is 43.5 Å². The van der Waals surface area contributed by atoms with Gasteiger partial charge in [0.2, 0.25) is 0 Å². The van der Waals surface area contributed by atoms with Crippen molar-refractivity contribution in [3.8, 4) is 0 Å². The van der Waals surface area contributed by atoms with Crippen LogP contribution in [0.5, 0.6) is 0 Å². The van der Waals surface area contributed by atoms with E-state index in [1.54, 1.807) is 12.1 Å². The Kier molecular flexibility index (Phi) is 6.86. The summed E-state index contributed by atoms with van der Waals surface area (Å²) in [4.78, 5) is 40.4. The van der Waals surface area contributed by atoms with Crippen LogP contribution in [-0.2, 0) is 29.0 Å². The van der Waals surface area contributed by atoms with Crippen molar-refractivity contribution < 1.29 is 23.9 Å². The number of hydrogen-bond donors (Lipinski definition) is 1. The third-order valence-corrected chi connectivity index (χ3v) is 6.70. The van der Waals surface area contributed by atoms with Crippen molar-refractivity contribution in [3.05, 3.63) is 87.3 Å². The van der Waals surface area contributed by atoms with Crippen molar-refractivity contribution in [3.63, 3.8) is 0 Å². The molecule has 2 aromatic carbocycles. The maximum atomic E-state index is 12.9. The quantitative estimate of drug-likeness (QED) is 0.552. The van der Waals surface area contributed by atoms with E-state index in [1.165, 1.54) is 43.3 Å². The molecule has 1 aliphatic rings. The van der Waals surface area contributed by atoms with Gasteiger partial charge in [-0.25, -0.2) is 9.59 Å². The lowest BCUT2D eigenvalue weighted by Crippen LogP contribution is -2.29. The molecule has 0 atom stereocenters. The van der Waals surface area contributed by atoms with Crippen LogP contribution in [0, 0.1) is 0 Å². The zero-order chi connectivity index (χ0) is 23.4. The summed E-state index contributed by atoms with van der Waals surface area (Å²) in [7, 11) is 2.64. The molecule has 3 aromatic rings. The van der Waals surface area contributed by atoms with Crippen LogP contribution < -0.4 is 5.32 Å². The summed E-state index contributed by atoms with van der Waals surface area (Å²) >= 11 is 1.41. The normalized spacial score (nSPS) is 13.2. The van der Waals surface area contributed by atoms with Crippen molar-refractivity contribution >= 4 is 34.2 Å². The molecule has 1 aliphatic heterocycles. The van der Waals surface area contributed by atoms with Crippen molar-refractivity contribution in [2.45, 2.75) is 19.5 Å². The van der Waals surface area contributed by atoms with Crippen LogP contribution in [0.25, 0.3) is 0 Å². The molecular weight excluding hydrogens is 440 g/mol. The van der Waals surface area contributed by atoms with E-state index < -0.39 is 11.9 Å². The third kappa shape index (κ3) is 4.97. The van der Waals surface area contributed by atoms with Crippen molar-refractivity contribution in [1.82, 2.24) is 4.90 Å². The molecule has 0 aliphatic carbocycles. The van der Waals surface area contributed by atoms with Gasteiger partial charge in [-0.15, -0.1) is 11.3 Å². The summed E-state index contributed by atoms with van der Waals surface area (Å²) < 4.78 is 9.70. The highest BCUT2D eigenvalue weighted by atomic mass is 32.1. The summed E-state index contributed by atoms with van der Waals surface area (Å²) in [6, 6.07) is 16.4. The average Bonchev–Trinajstić information content (AvgIpc) is 3.20. The van der Waals surface area contributed by atoms with Gasteiger partial charge in [0.25, 0.3) is 5.91 Å². The van der Waals surface area contributed by atoms with Crippen LogP contribution in [0.4, 0.5) is 5.00 Å². The van der Waals surface area contributed by atoms with Gasteiger partial charge in [0.05, 0.1) is 25.3 Å². The number of thiophene rings is 1. The second kappa shape index (κ2) is 9.97. The van der Waals surface area contributed by atoms with Crippen LogP contribution >= 0.6 is 11.3 Å². The minimum absolute atomic E-state index is 0.356. The number of carbonyl (C=O) groups is 3. The first-order valence-corrected chi connectivity index (χ1v) is 11.3. The van der Waals surface area contributed by atoms with Crippen molar-refractivity contribution in [1.29, 1.82) is 0 Å². The third-order valence-electron chi connectivity index (χ3n) is 5.57. The smallest absolute Gasteiger partial charge is 0.341 e. The van der Waals surface area contributed by atoms with Gasteiger partial charge >= 0.3 is 11.9 Å². The minimum atomic E-state index is -0.471. The zero-order valence-electron chi connectivity index (χ0n) is 18.4. The molecule has 170 valence electrons. The van der Waals surface area contributed by atoms with E-state index in [2.05, 4.69) is 27.1 Å². The van der Waals surface area contributed by atoms with E-state index in [9.17, 15) is 14.4 Å². The van der Waals surface area contributed by atoms with Gasteiger partial charge in [-0.3, -0.25) is 9.69 Å². The highest BCUT2D eigenvalue weighted by Gasteiger charge is 2.29. The van der Waals surface area contributed by atoms with Gasteiger partial charge in [-0.05, 0) is 41.8 Å². The van der Waals surface area contributed by atoms with Gasteiger partial charge in [0, 0.05) is 30.1 Å². The zero-order valence-corrected chi connectivity index (χ0v) is 19.2. The predicted octanol–water partition coefficient (Wildman–Crippen LogP) is 4.13. The van der Waals surface area contributed by atoms with Crippen LogP contribution in [0.2, 0.25) is 0 Å². The van der Waals surface area contributed by atoms with Gasteiger partial charge < -0.3 is 14.8 Å². The number of methoxy groups -OCH3 is 2. The molecule has 2 heterocycles. The van der Waals surface area contributed by atoms with Gasteiger partial charge in [-0.2, -0.15) is 0 Å². The monoisotopic (exact) mass is 464 g/mol. The van der Waals surface area contributed by atoms with Crippen LogP contribution in [0.15, 0.2) is 54.6 Å². The molecule has 8 heteroatoms. The molecule has 1 amide bonds. The standard InChI is InChI=1S/C25H24N2O5S/c1-31-24(29)18-10-8-17(9-11-18)22(28)26-23-21(25(30)32-2)19-12-13-27(15-20(19)33-23)14-16-6-4-3-5-7-16/h3-11H,12-15H2,1-2H3,(H,26,28). The summed E-state index contributed by atoms with van der Waals surface area (Å²) in [5.74, 6) is -1.29. The van der Waals surface area contributed by atoms with E-state index >= 15 is 0 Å². The predicted molar refractivity (Wildman–Crippen MR) is 126 cm³/mol. The maximum absolute atomic E-state index is 12.9. The number of carbonyl (C=O) groups excluding carboxylic acids is 3. The number of ether oxygens (including phenoxy) is 2. The van der Waals surface area contributed by atoms with E-state index in [1.807, 2.05) is 18.2 Å². The number of nitrogens with one attached hydrogen (secondary N) is 1. The molecule has 0 saturated heterocycles. The van der Waals surface area contributed by atoms with E-state index in [0.717, 1.165) is 23.5 Å². The first kappa shape index (κ1) is 22.7. The molecule has 7 nitrogen and oxygen atoms in total. The number of amides is 1. The highest BCUT2D eigenvalue weighted by molar-refractivity contribution is 7.17. The Morgan fingerprint density at radius 3 is 2.27 bits per heavy atom. The molecule has 33 heavy (non-hydrogen) atoms. The first-order valence-electron chi connectivity index (χ1n) is 10.5. The van der Waals surface area contributed by atoms with Gasteiger partial charge in [0.15, 0.2) is 0 Å². The lowest BCUT2D eigenvalue weighted by atomic mass is 10.0. The number of nitrogens with zero attached hydrogens (tertiary/aromatic N) is 1. The second-order valence-electron chi connectivity index (χ2n) is 7.67. The molecule has 0 radical (unpaired) electrons. The van der Waals surface area contributed by atoms with Gasteiger partial charge in [0.1, 0.15) is 5.00 Å². The molecular formula is C25H24N2O5S. The second-order valence-corrected chi connectivity index (χ2v) is 8.77. The Balaban J connectivity index is 1.55. The molecule has 0 spiro atoms. The van der Waals surface area contributed by atoms with Crippen molar-refractivity contribution in [2.24, 2.45) is 0 Å². The number of rotatable bonds is 6. The average molecular weight is 465 g/mol. The summed E-state index contributed by atoms with van der Waals surface area (Å²) in [5, 5.41) is 3.35. The molecule has 0 bridgehead atoms. The van der Waals surface area contributed by atoms with Crippen LogP contribution in [0.1, 0.15) is 47.1 Å². The van der Waals surface area contributed by atoms with Crippen LogP contribution in [0.3, 0.4) is 0 Å². The fourth-order valence-corrected chi connectivity index (χ4v) is 5.16. The molecule has 1 aromatic heterocycles.